The van der Waals surface area contributed by atoms with Gasteiger partial charge in [0.25, 0.3) is 5.91 Å². The van der Waals surface area contributed by atoms with Crippen molar-refractivity contribution in [2.75, 3.05) is 12.4 Å². The summed E-state index contributed by atoms with van der Waals surface area (Å²) in [6, 6.07) is 20.8. The Hall–Kier alpha value is -3.67. The first-order valence-corrected chi connectivity index (χ1v) is 8.53. The lowest BCUT2D eigenvalue weighted by atomic mass is 10.1. The third kappa shape index (κ3) is 4.73. The van der Waals surface area contributed by atoms with Crippen molar-refractivity contribution in [1.82, 2.24) is 0 Å². The van der Waals surface area contributed by atoms with Gasteiger partial charge in [0.05, 0.1) is 12.7 Å². The first kappa shape index (κ1) is 19.1. The van der Waals surface area contributed by atoms with Gasteiger partial charge in [0, 0.05) is 11.3 Å². The van der Waals surface area contributed by atoms with E-state index in [0.717, 1.165) is 0 Å². The Morgan fingerprint density at radius 1 is 0.893 bits per heavy atom. The summed E-state index contributed by atoms with van der Waals surface area (Å²) in [5.41, 5.74) is 1.48. The van der Waals surface area contributed by atoms with E-state index in [9.17, 15) is 14.0 Å². The highest BCUT2D eigenvalue weighted by atomic mass is 19.1. The number of hydrogen-bond donors (Lipinski definition) is 1. The van der Waals surface area contributed by atoms with Gasteiger partial charge in [-0.3, -0.25) is 4.79 Å². The molecule has 0 fully saturated rings. The van der Waals surface area contributed by atoms with E-state index in [4.69, 9.17) is 4.74 Å². The number of ether oxygens (including phenoxy) is 2. The van der Waals surface area contributed by atoms with E-state index in [0.29, 0.717) is 22.6 Å². The molecule has 0 saturated heterocycles. The summed E-state index contributed by atoms with van der Waals surface area (Å²) in [7, 11) is 1.30. The van der Waals surface area contributed by atoms with Crippen LogP contribution in [-0.4, -0.2) is 19.0 Å². The monoisotopic (exact) mass is 379 g/mol. The molecule has 3 rings (SSSR count). The van der Waals surface area contributed by atoms with Crippen molar-refractivity contribution in [3.8, 4) is 5.75 Å². The van der Waals surface area contributed by atoms with E-state index in [2.05, 4.69) is 10.1 Å². The zero-order valence-electron chi connectivity index (χ0n) is 15.1. The van der Waals surface area contributed by atoms with Crippen LogP contribution in [0.4, 0.5) is 10.1 Å². The summed E-state index contributed by atoms with van der Waals surface area (Å²) in [5.74, 6) is -0.842. The topological polar surface area (TPSA) is 64.6 Å². The fourth-order valence-corrected chi connectivity index (χ4v) is 2.57. The lowest BCUT2D eigenvalue weighted by molar-refractivity contribution is -0.123. The highest BCUT2D eigenvalue weighted by Gasteiger charge is 2.23. The number of anilines is 1. The predicted octanol–water partition coefficient (Wildman–Crippen LogP) is 4.37. The van der Waals surface area contributed by atoms with Gasteiger partial charge in [-0.25, -0.2) is 9.18 Å². The molecule has 1 atom stereocenters. The van der Waals surface area contributed by atoms with E-state index in [1.54, 1.807) is 48.5 Å². The van der Waals surface area contributed by atoms with E-state index < -0.39 is 18.0 Å². The molecule has 6 heteroatoms. The molecule has 1 N–H and O–H groups in total. The van der Waals surface area contributed by atoms with Crippen molar-refractivity contribution in [3.05, 3.63) is 95.8 Å². The number of nitrogens with one attached hydrogen (secondary N) is 1. The fraction of sp³-hybridized carbons (Fsp3) is 0.0909. The molecule has 1 amide bonds. The second-order valence-electron chi connectivity index (χ2n) is 5.92. The number of rotatable bonds is 6. The second kappa shape index (κ2) is 8.81. The Bertz CT molecular complexity index is 941. The Morgan fingerprint density at radius 3 is 2.14 bits per heavy atom. The SMILES string of the molecule is COC(=O)c1ccc(O[C@H](C(=O)Nc2ccc(F)cc2)c2ccccc2)cc1. The van der Waals surface area contributed by atoms with Crippen LogP contribution in [-0.2, 0) is 9.53 Å². The van der Waals surface area contributed by atoms with Crippen LogP contribution in [0.2, 0.25) is 0 Å². The molecule has 0 saturated carbocycles. The number of carbonyl (C=O) groups is 2. The average Bonchev–Trinajstić information content (AvgIpc) is 2.74. The summed E-state index contributed by atoms with van der Waals surface area (Å²) in [5, 5.41) is 2.72. The molecule has 0 spiro atoms. The maximum absolute atomic E-state index is 13.1. The first-order chi connectivity index (χ1) is 13.6. The van der Waals surface area contributed by atoms with Crippen LogP contribution in [0.15, 0.2) is 78.9 Å². The molecule has 0 bridgehead atoms. The van der Waals surface area contributed by atoms with Crippen LogP contribution >= 0.6 is 0 Å². The molecule has 0 aliphatic rings. The summed E-state index contributed by atoms with van der Waals surface area (Å²) < 4.78 is 23.6. The summed E-state index contributed by atoms with van der Waals surface area (Å²) >= 11 is 0. The lowest BCUT2D eigenvalue weighted by Gasteiger charge is -2.19. The van der Waals surface area contributed by atoms with Crippen LogP contribution in [0.1, 0.15) is 22.0 Å². The second-order valence-corrected chi connectivity index (χ2v) is 5.92. The Labute approximate surface area is 161 Å². The molecule has 0 radical (unpaired) electrons. The minimum atomic E-state index is -0.935. The Morgan fingerprint density at radius 2 is 1.54 bits per heavy atom. The van der Waals surface area contributed by atoms with Crippen LogP contribution in [0.5, 0.6) is 5.75 Å². The smallest absolute Gasteiger partial charge is 0.337 e. The maximum atomic E-state index is 13.1. The van der Waals surface area contributed by atoms with Crippen LogP contribution in [0, 0.1) is 5.82 Å². The number of esters is 1. The van der Waals surface area contributed by atoms with Crippen molar-refractivity contribution in [2.45, 2.75) is 6.10 Å². The van der Waals surface area contributed by atoms with Crippen LogP contribution < -0.4 is 10.1 Å². The average molecular weight is 379 g/mol. The number of hydrogen-bond acceptors (Lipinski definition) is 4. The molecule has 0 heterocycles. The minimum absolute atomic E-state index is 0.377. The van der Waals surface area contributed by atoms with Gasteiger partial charge >= 0.3 is 5.97 Å². The van der Waals surface area contributed by atoms with Gasteiger partial charge in [0.1, 0.15) is 11.6 Å². The molecule has 3 aromatic rings. The summed E-state index contributed by atoms with van der Waals surface area (Å²) in [4.78, 5) is 24.4. The molecule has 0 aliphatic carbocycles. The van der Waals surface area contributed by atoms with E-state index >= 15 is 0 Å². The number of halogens is 1. The standard InChI is InChI=1S/C22H18FNO4/c1-27-22(26)16-7-13-19(14-8-16)28-20(15-5-3-2-4-6-15)21(25)24-18-11-9-17(23)10-12-18/h2-14,20H,1H3,(H,24,25)/t20-/m0/s1. The highest BCUT2D eigenvalue weighted by molar-refractivity contribution is 5.95. The van der Waals surface area contributed by atoms with Crippen LogP contribution in [0.3, 0.4) is 0 Å². The predicted molar refractivity (Wildman–Crippen MR) is 103 cm³/mol. The molecule has 142 valence electrons. The van der Waals surface area contributed by atoms with Crippen molar-refractivity contribution in [2.24, 2.45) is 0 Å². The molecule has 28 heavy (non-hydrogen) atoms. The largest absolute Gasteiger partial charge is 0.476 e. The van der Waals surface area contributed by atoms with Gasteiger partial charge < -0.3 is 14.8 Å². The fourth-order valence-electron chi connectivity index (χ4n) is 2.57. The van der Waals surface area contributed by atoms with Gasteiger partial charge in [-0.15, -0.1) is 0 Å². The van der Waals surface area contributed by atoms with E-state index in [1.165, 1.54) is 31.4 Å². The summed E-state index contributed by atoms with van der Waals surface area (Å²) in [6.07, 6.45) is -0.935. The molecule has 0 aromatic heterocycles. The third-order valence-corrected chi connectivity index (χ3v) is 3.98. The van der Waals surface area contributed by atoms with E-state index in [-0.39, 0.29) is 5.82 Å². The van der Waals surface area contributed by atoms with Crippen LogP contribution in [0.25, 0.3) is 0 Å². The number of amides is 1. The Kier molecular flexibility index (Phi) is 6.01. The maximum Gasteiger partial charge on any atom is 0.337 e. The van der Waals surface area contributed by atoms with Gasteiger partial charge in [0.15, 0.2) is 0 Å². The van der Waals surface area contributed by atoms with Gasteiger partial charge in [-0.1, -0.05) is 30.3 Å². The quantitative estimate of drug-likeness (QED) is 0.646. The minimum Gasteiger partial charge on any atom is -0.476 e. The van der Waals surface area contributed by atoms with Crippen molar-refractivity contribution < 1.29 is 23.5 Å². The molecular weight excluding hydrogens is 361 g/mol. The van der Waals surface area contributed by atoms with Gasteiger partial charge in [-0.05, 0) is 48.5 Å². The van der Waals surface area contributed by atoms with E-state index in [1.807, 2.05) is 6.07 Å². The van der Waals surface area contributed by atoms with Crippen molar-refractivity contribution in [3.63, 3.8) is 0 Å². The van der Waals surface area contributed by atoms with Crippen molar-refractivity contribution in [1.29, 1.82) is 0 Å². The summed E-state index contributed by atoms with van der Waals surface area (Å²) in [6.45, 7) is 0. The van der Waals surface area contributed by atoms with Gasteiger partial charge in [-0.2, -0.15) is 0 Å². The number of methoxy groups -OCH3 is 1. The first-order valence-electron chi connectivity index (χ1n) is 8.53. The Balaban J connectivity index is 1.82. The normalized spacial score (nSPS) is 11.4. The molecule has 0 aliphatic heterocycles. The van der Waals surface area contributed by atoms with Crippen molar-refractivity contribution >= 4 is 17.6 Å². The van der Waals surface area contributed by atoms with Gasteiger partial charge in [0.2, 0.25) is 6.10 Å². The molecule has 5 nitrogen and oxygen atoms in total. The number of carbonyl (C=O) groups excluding carboxylic acids is 2. The molecule has 0 unspecified atom stereocenters. The highest BCUT2D eigenvalue weighted by Crippen LogP contribution is 2.24. The number of benzene rings is 3. The lowest BCUT2D eigenvalue weighted by Crippen LogP contribution is -2.25. The molecule has 3 aromatic carbocycles. The zero-order valence-corrected chi connectivity index (χ0v) is 15.1. The third-order valence-electron chi connectivity index (χ3n) is 3.98. The zero-order chi connectivity index (χ0) is 19.9. The molecular formula is C22H18FNO4.